The van der Waals surface area contributed by atoms with Crippen molar-refractivity contribution in [1.82, 2.24) is 10.2 Å². The average Bonchev–Trinajstić information content (AvgIpc) is 3.21. The summed E-state index contributed by atoms with van der Waals surface area (Å²) in [5.41, 5.74) is 4.74. The van der Waals surface area contributed by atoms with Gasteiger partial charge in [0, 0.05) is 13.1 Å². The molecule has 1 fully saturated rings. The Morgan fingerprint density at radius 2 is 1.79 bits per heavy atom. The normalized spacial score (nSPS) is 15.4. The molecular formula is C24H32N2O2. The summed E-state index contributed by atoms with van der Waals surface area (Å²) < 4.78 is 6.04. The van der Waals surface area contributed by atoms with Crippen molar-refractivity contribution in [2.75, 3.05) is 13.1 Å². The maximum Gasteiger partial charge on any atom is 0.261 e. The van der Waals surface area contributed by atoms with Crippen molar-refractivity contribution in [3.05, 3.63) is 64.7 Å². The van der Waals surface area contributed by atoms with E-state index >= 15 is 0 Å². The van der Waals surface area contributed by atoms with Gasteiger partial charge in [0.2, 0.25) is 0 Å². The zero-order chi connectivity index (χ0) is 19.9. The van der Waals surface area contributed by atoms with Crippen molar-refractivity contribution < 1.29 is 9.53 Å². The van der Waals surface area contributed by atoms with Gasteiger partial charge in [0.25, 0.3) is 5.91 Å². The van der Waals surface area contributed by atoms with Gasteiger partial charge in [-0.2, -0.15) is 0 Å². The summed E-state index contributed by atoms with van der Waals surface area (Å²) in [5.74, 6) is 0.732. The molecule has 1 heterocycles. The number of hydrogen-bond acceptors (Lipinski definition) is 3. The molecule has 28 heavy (non-hydrogen) atoms. The number of amides is 1. The number of nitrogens with zero attached hydrogens (tertiary/aromatic N) is 1. The van der Waals surface area contributed by atoms with Gasteiger partial charge in [0.1, 0.15) is 5.75 Å². The number of likely N-dealkylation sites (tertiary alicyclic amines) is 1. The lowest BCUT2D eigenvalue weighted by Gasteiger charge is -2.21. The standard InChI is InChI=1S/C24H32N2O2/c1-4-22(28-23-13-9-10-18(2)19(23)3)24(27)25-16-20-11-5-6-12-21(20)17-26-14-7-8-15-26/h5-6,9-13,22H,4,7-8,14-17H2,1-3H3,(H,25,27). The van der Waals surface area contributed by atoms with Gasteiger partial charge in [-0.05, 0) is 74.5 Å². The van der Waals surface area contributed by atoms with Crippen LogP contribution in [0.2, 0.25) is 0 Å². The van der Waals surface area contributed by atoms with Gasteiger partial charge in [-0.3, -0.25) is 9.69 Å². The predicted octanol–water partition coefficient (Wildman–Crippen LogP) is 4.37. The fourth-order valence-corrected chi connectivity index (χ4v) is 3.69. The van der Waals surface area contributed by atoms with Crippen LogP contribution in [0.25, 0.3) is 0 Å². The van der Waals surface area contributed by atoms with Crippen molar-refractivity contribution in [2.45, 2.75) is 59.2 Å². The Morgan fingerprint density at radius 1 is 1.07 bits per heavy atom. The van der Waals surface area contributed by atoms with Gasteiger partial charge in [0.05, 0.1) is 0 Å². The van der Waals surface area contributed by atoms with E-state index in [1.807, 2.05) is 32.0 Å². The van der Waals surface area contributed by atoms with E-state index in [-0.39, 0.29) is 5.91 Å². The Morgan fingerprint density at radius 3 is 2.50 bits per heavy atom. The Hall–Kier alpha value is -2.33. The van der Waals surface area contributed by atoms with Crippen LogP contribution >= 0.6 is 0 Å². The van der Waals surface area contributed by atoms with Crippen molar-refractivity contribution in [1.29, 1.82) is 0 Å². The lowest BCUT2D eigenvalue weighted by Crippen LogP contribution is -2.38. The van der Waals surface area contributed by atoms with Crippen molar-refractivity contribution in [3.8, 4) is 5.75 Å². The highest BCUT2D eigenvalue weighted by Gasteiger charge is 2.20. The summed E-state index contributed by atoms with van der Waals surface area (Å²) in [6, 6.07) is 14.4. The highest BCUT2D eigenvalue weighted by atomic mass is 16.5. The Kier molecular flexibility index (Phi) is 7.10. The molecule has 0 aromatic heterocycles. The van der Waals surface area contributed by atoms with Crippen LogP contribution < -0.4 is 10.1 Å². The average molecular weight is 381 g/mol. The highest BCUT2D eigenvalue weighted by molar-refractivity contribution is 5.81. The van der Waals surface area contributed by atoms with Crippen molar-refractivity contribution >= 4 is 5.91 Å². The maximum absolute atomic E-state index is 12.8. The summed E-state index contributed by atoms with van der Waals surface area (Å²) in [7, 11) is 0. The van der Waals surface area contributed by atoms with Crippen LogP contribution in [-0.4, -0.2) is 30.0 Å². The quantitative estimate of drug-likeness (QED) is 0.739. The van der Waals surface area contributed by atoms with Crippen molar-refractivity contribution in [3.63, 3.8) is 0 Å². The van der Waals surface area contributed by atoms with Gasteiger partial charge in [-0.15, -0.1) is 0 Å². The number of ether oxygens (including phenoxy) is 1. The second kappa shape index (κ2) is 9.74. The number of aryl methyl sites for hydroxylation is 1. The number of benzene rings is 2. The molecule has 0 radical (unpaired) electrons. The number of rotatable bonds is 8. The first-order chi connectivity index (χ1) is 13.6. The Labute approximate surface area is 168 Å². The van der Waals surface area contributed by atoms with Crippen LogP contribution in [0.15, 0.2) is 42.5 Å². The minimum absolute atomic E-state index is 0.0561. The van der Waals surface area contributed by atoms with Crippen LogP contribution in [0.3, 0.4) is 0 Å². The molecule has 4 nitrogen and oxygen atoms in total. The number of hydrogen-bond donors (Lipinski definition) is 1. The second-order valence-corrected chi connectivity index (χ2v) is 7.68. The first-order valence-electron chi connectivity index (χ1n) is 10.4. The fourth-order valence-electron chi connectivity index (χ4n) is 3.69. The molecule has 1 aliphatic rings. The van der Waals surface area contributed by atoms with Crippen LogP contribution in [-0.2, 0) is 17.9 Å². The molecule has 1 atom stereocenters. The minimum atomic E-state index is -0.480. The summed E-state index contributed by atoms with van der Waals surface area (Å²) in [4.78, 5) is 15.2. The SMILES string of the molecule is CCC(Oc1cccc(C)c1C)C(=O)NCc1ccccc1CN1CCCC1. The molecular weight excluding hydrogens is 348 g/mol. The van der Waals surface area contributed by atoms with E-state index in [0.29, 0.717) is 13.0 Å². The fraction of sp³-hybridized carbons (Fsp3) is 0.458. The molecule has 0 aliphatic carbocycles. The molecule has 150 valence electrons. The Balaban J connectivity index is 1.61. The third kappa shape index (κ3) is 5.14. The third-order valence-corrected chi connectivity index (χ3v) is 5.65. The molecule has 0 spiro atoms. The molecule has 1 unspecified atom stereocenters. The smallest absolute Gasteiger partial charge is 0.261 e. The van der Waals surface area contributed by atoms with Gasteiger partial charge in [-0.25, -0.2) is 0 Å². The van der Waals surface area contributed by atoms with Crippen LogP contribution in [0.4, 0.5) is 0 Å². The summed E-state index contributed by atoms with van der Waals surface area (Å²) >= 11 is 0. The largest absolute Gasteiger partial charge is 0.480 e. The zero-order valence-electron chi connectivity index (χ0n) is 17.3. The van der Waals surface area contributed by atoms with Gasteiger partial charge in [-0.1, -0.05) is 43.3 Å². The molecule has 1 saturated heterocycles. The zero-order valence-corrected chi connectivity index (χ0v) is 17.3. The molecule has 1 N–H and O–H groups in total. The molecule has 3 rings (SSSR count). The molecule has 4 heteroatoms. The van der Waals surface area contributed by atoms with Gasteiger partial charge in [0.15, 0.2) is 6.10 Å². The first kappa shape index (κ1) is 20.4. The number of carbonyl (C=O) groups excluding carboxylic acids is 1. The van der Waals surface area contributed by atoms with E-state index in [4.69, 9.17) is 4.74 Å². The van der Waals surface area contributed by atoms with Gasteiger partial charge < -0.3 is 10.1 Å². The second-order valence-electron chi connectivity index (χ2n) is 7.68. The molecule has 1 aliphatic heterocycles. The monoisotopic (exact) mass is 380 g/mol. The minimum Gasteiger partial charge on any atom is -0.480 e. The first-order valence-corrected chi connectivity index (χ1v) is 10.4. The molecule has 0 bridgehead atoms. The number of nitrogens with one attached hydrogen (secondary N) is 1. The summed E-state index contributed by atoms with van der Waals surface area (Å²) in [6.45, 7) is 9.91. The van der Waals surface area contributed by atoms with E-state index in [2.05, 4.69) is 41.4 Å². The van der Waals surface area contributed by atoms with Crippen LogP contribution in [0.1, 0.15) is 48.4 Å². The molecule has 0 saturated carbocycles. The number of carbonyl (C=O) groups is 1. The third-order valence-electron chi connectivity index (χ3n) is 5.65. The molecule has 1 amide bonds. The van der Waals surface area contributed by atoms with Crippen LogP contribution in [0, 0.1) is 13.8 Å². The lowest BCUT2D eigenvalue weighted by molar-refractivity contribution is -0.128. The summed E-state index contributed by atoms with van der Waals surface area (Å²) in [5, 5.41) is 3.09. The van der Waals surface area contributed by atoms with Gasteiger partial charge >= 0.3 is 0 Å². The van der Waals surface area contributed by atoms with Crippen LogP contribution in [0.5, 0.6) is 5.75 Å². The van der Waals surface area contributed by atoms with E-state index in [1.165, 1.54) is 42.6 Å². The lowest BCUT2D eigenvalue weighted by atomic mass is 10.1. The van der Waals surface area contributed by atoms with E-state index in [0.717, 1.165) is 17.9 Å². The predicted molar refractivity (Wildman–Crippen MR) is 113 cm³/mol. The molecule has 2 aromatic carbocycles. The van der Waals surface area contributed by atoms with E-state index in [9.17, 15) is 4.79 Å². The highest BCUT2D eigenvalue weighted by Crippen LogP contribution is 2.22. The Bertz CT molecular complexity index is 797. The summed E-state index contributed by atoms with van der Waals surface area (Å²) in [6.07, 6.45) is 2.72. The molecule has 2 aromatic rings. The van der Waals surface area contributed by atoms with E-state index < -0.39 is 6.10 Å². The topological polar surface area (TPSA) is 41.6 Å². The van der Waals surface area contributed by atoms with E-state index in [1.54, 1.807) is 0 Å². The maximum atomic E-state index is 12.8. The van der Waals surface area contributed by atoms with Crippen molar-refractivity contribution in [2.24, 2.45) is 0 Å².